The zero-order valence-corrected chi connectivity index (χ0v) is 18.0. The second kappa shape index (κ2) is 6.60. The summed E-state index contributed by atoms with van der Waals surface area (Å²) >= 11 is 0. The van der Waals surface area contributed by atoms with Gasteiger partial charge in [-0.15, -0.1) is 0 Å². The Morgan fingerprint density at radius 3 is 1.73 bits per heavy atom. The summed E-state index contributed by atoms with van der Waals surface area (Å²) in [6.45, 7) is 0. The normalized spacial score (nSPS) is 14.1. The topological polar surface area (TPSA) is 35.2 Å². The van der Waals surface area contributed by atoms with Crippen LogP contribution in [0.4, 0.5) is 5.69 Å². The molecular weight excluding hydrogens is 402 g/mol. The van der Waals surface area contributed by atoms with Crippen molar-refractivity contribution in [1.29, 1.82) is 0 Å². The number of ether oxygens (including phenoxy) is 1. The van der Waals surface area contributed by atoms with Crippen LogP contribution in [0.1, 0.15) is 22.3 Å². The number of rotatable bonds is 1. The molecule has 0 unspecified atom stereocenters. The van der Waals surface area contributed by atoms with Crippen molar-refractivity contribution in [3.63, 3.8) is 0 Å². The molecule has 1 aliphatic carbocycles. The van der Waals surface area contributed by atoms with Gasteiger partial charge in [0.25, 0.3) is 0 Å². The summed E-state index contributed by atoms with van der Waals surface area (Å²) in [6.07, 6.45) is 0. The van der Waals surface area contributed by atoms with Crippen LogP contribution in [-0.2, 0) is 5.41 Å². The van der Waals surface area contributed by atoms with Gasteiger partial charge in [0.1, 0.15) is 11.5 Å². The third kappa shape index (κ3) is 2.38. The van der Waals surface area contributed by atoms with Gasteiger partial charge in [0, 0.05) is 16.8 Å². The molecule has 0 fully saturated rings. The van der Waals surface area contributed by atoms with E-state index in [9.17, 15) is 0 Å². The first kappa shape index (κ1) is 18.3. The third-order valence-corrected chi connectivity index (χ3v) is 7.09. The summed E-state index contributed by atoms with van der Waals surface area (Å²) in [5.41, 5.74) is 16.1. The van der Waals surface area contributed by atoms with Crippen LogP contribution in [0.5, 0.6) is 11.5 Å². The molecule has 0 bridgehead atoms. The lowest BCUT2D eigenvalue weighted by molar-refractivity contribution is 0.436. The van der Waals surface area contributed by atoms with Gasteiger partial charge >= 0.3 is 0 Å². The highest BCUT2D eigenvalue weighted by Crippen LogP contribution is 2.62. The van der Waals surface area contributed by atoms with Gasteiger partial charge in [-0.05, 0) is 63.7 Å². The number of hydrogen-bond acceptors (Lipinski definition) is 2. The molecular formula is C31H21NO. The summed E-state index contributed by atoms with van der Waals surface area (Å²) in [7, 11) is 0. The van der Waals surface area contributed by atoms with E-state index in [4.69, 9.17) is 10.5 Å². The molecule has 5 aromatic rings. The summed E-state index contributed by atoms with van der Waals surface area (Å²) in [6, 6.07) is 40.7. The highest BCUT2D eigenvalue weighted by molar-refractivity contribution is 5.89. The zero-order chi connectivity index (χ0) is 22.0. The fourth-order valence-corrected chi connectivity index (χ4v) is 5.71. The molecule has 0 saturated carbocycles. The van der Waals surface area contributed by atoms with Crippen LogP contribution in [0.15, 0.2) is 115 Å². The third-order valence-electron chi connectivity index (χ3n) is 7.09. The Morgan fingerprint density at radius 2 is 1.03 bits per heavy atom. The van der Waals surface area contributed by atoms with Crippen LogP contribution in [0.2, 0.25) is 0 Å². The standard InChI is InChI=1S/C31H21NO/c32-22-16-13-20(14-17-22)21-15-18-30-28(19-21)31(27-11-5-6-12-29(27)33-30)25-9-3-1-7-23(25)24-8-2-4-10-26(24)31/h1-19H,32H2. The first-order valence-corrected chi connectivity index (χ1v) is 11.2. The minimum atomic E-state index is -0.429. The van der Waals surface area contributed by atoms with E-state index in [1.807, 2.05) is 18.2 Å². The number of nitrogen functional groups attached to an aromatic ring is 1. The molecule has 0 atom stereocenters. The van der Waals surface area contributed by atoms with E-state index in [2.05, 4.69) is 97.1 Å². The van der Waals surface area contributed by atoms with E-state index in [0.717, 1.165) is 28.3 Å². The van der Waals surface area contributed by atoms with Crippen LogP contribution in [0, 0.1) is 0 Å². The maximum Gasteiger partial charge on any atom is 0.132 e. The smallest absolute Gasteiger partial charge is 0.132 e. The molecule has 2 aliphatic rings. The fraction of sp³-hybridized carbons (Fsp3) is 0.0323. The van der Waals surface area contributed by atoms with E-state index in [0.29, 0.717) is 0 Å². The van der Waals surface area contributed by atoms with Gasteiger partial charge in [-0.25, -0.2) is 0 Å². The predicted octanol–water partition coefficient (Wildman–Crippen LogP) is 7.40. The summed E-state index contributed by atoms with van der Waals surface area (Å²) < 4.78 is 6.48. The van der Waals surface area contributed by atoms with Crippen molar-refractivity contribution in [2.75, 3.05) is 5.73 Å². The molecule has 1 aliphatic heterocycles. The SMILES string of the molecule is Nc1ccc(-c2ccc3c(c2)C2(c4ccccc4O3)c3ccccc3-c3ccccc32)cc1. The molecule has 0 saturated heterocycles. The van der Waals surface area contributed by atoms with E-state index in [1.165, 1.54) is 33.4 Å². The summed E-state index contributed by atoms with van der Waals surface area (Å²) in [4.78, 5) is 0. The monoisotopic (exact) mass is 423 g/mol. The van der Waals surface area contributed by atoms with Crippen molar-refractivity contribution in [2.45, 2.75) is 5.41 Å². The van der Waals surface area contributed by atoms with E-state index < -0.39 is 5.41 Å². The molecule has 7 rings (SSSR count). The maximum absolute atomic E-state index is 6.48. The van der Waals surface area contributed by atoms with Crippen molar-refractivity contribution in [1.82, 2.24) is 0 Å². The molecule has 5 aromatic carbocycles. The summed E-state index contributed by atoms with van der Waals surface area (Å²) in [5, 5.41) is 0. The van der Waals surface area contributed by atoms with Gasteiger partial charge < -0.3 is 10.5 Å². The average molecular weight is 424 g/mol. The van der Waals surface area contributed by atoms with Crippen LogP contribution >= 0.6 is 0 Å². The van der Waals surface area contributed by atoms with Crippen molar-refractivity contribution in [2.24, 2.45) is 0 Å². The maximum atomic E-state index is 6.48. The lowest BCUT2D eigenvalue weighted by Crippen LogP contribution is -2.32. The average Bonchev–Trinajstić information content (AvgIpc) is 3.16. The molecule has 156 valence electrons. The minimum absolute atomic E-state index is 0.429. The first-order chi connectivity index (χ1) is 16.3. The van der Waals surface area contributed by atoms with Gasteiger partial charge in [-0.2, -0.15) is 0 Å². The van der Waals surface area contributed by atoms with E-state index in [-0.39, 0.29) is 0 Å². The minimum Gasteiger partial charge on any atom is -0.457 e. The van der Waals surface area contributed by atoms with Crippen LogP contribution in [-0.4, -0.2) is 0 Å². The molecule has 2 heteroatoms. The van der Waals surface area contributed by atoms with Gasteiger partial charge in [0.2, 0.25) is 0 Å². The number of para-hydroxylation sites is 1. The van der Waals surface area contributed by atoms with E-state index in [1.54, 1.807) is 0 Å². The lowest BCUT2D eigenvalue weighted by Gasteiger charge is -2.39. The quantitative estimate of drug-likeness (QED) is 0.279. The van der Waals surface area contributed by atoms with Crippen LogP contribution in [0.25, 0.3) is 22.3 Å². The summed E-state index contributed by atoms with van der Waals surface area (Å²) in [5.74, 6) is 1.82. The molecule has 33 heavy (non-hydrogen) atoms. The Kier molecular flexibility index (Phi) is 3.66. The Morgan fingerprint density at radius 1 is 0.485 bits per heavy atom. The Labute approximate surface area is 192 Å². The number of benzene rings is 5. The van der Waals surface area contributed by atoms with Crippen molar-refractivity contribution in [3.8, 4) is 33.8 Å². The Balaban J connectivity index is 1.61. The van der Waals surface area contributed by atoms with Gasteiger partial charge in [-0.1, -0.05) is 84.9 Å². The van der Waals surface area contributed by atoms with Crippen molar-refractivity contribution < 1.29 is 4.74 Å². The van der Waals surface area contributed by atoms with Gasteiger partial charge in [0.15, 0.2) is 0 Å². The lowest BCUT2D eigenvalue weighted by atomic mass is 9.66. The van der Waals surface area contributed by atoms with Crippen molar-refractivity contribution >= 4 is 5.69 Å². The molecule has 2 nitrogen and oxygen atoms in total. The molecule has 0 amide bonds. The number of fused-ring (bicyclic) bond motifs is 9. The molecule has 0 radical (unpaired) electrons. The second-order valence-corrected chi connectivity index (χ2v) is 8.77. The van der Waals surface area contributed by atoms with Crippen molar-refractivity contribution in [3.05, 3.63) is 138 Å². The number of nitrogens with two attached hydrogens (primary N) is 1. The fourth-order valence-electron chi connectivity index (χ4n) is 5.71. The van der Waals surface area contributed by atoms with Gasteiger partial charge in [0.05, 0.1) is 5.41 Å². The Bertz CT molecular complexity index is 1500. The van der Waals surface area contributed by atoms with Crippen LogP contribution < -0.4 is 10.5 Å². The highest BCUT2D eigenvalue weighted by atomic mass is 16.5. The molecule has 0 aromatic heterocycles. The van der Waals surface area contributed by atoms with Crippen LogP contribution in [0.3, 0.4) is 0 Å². The second-order valence-electron chi connectivity index (χ2n) is 8.77. The zero-order valence-electron chi connectivity index (χ0n) is 18.0. The molecule has 1 spiro atoms. The van der Waals surface area contributed by atoms with E-state index >= 15 is 0 Å². The number of anilines is 1. The molecule has 1 heterocycles. The highest BCUT2D eigenvalue weighted by Gasteiger charge is 2.50. The van der Waals surface area contributed by atoms with Gasteiger partial charge in [-0.3, -0.25) is 0 Å². The largest absolute Gasteiger partial charge is 0.457 e. The predicted molar refractivity (Wildman–Crippen MR) is 134 cm³/mol. The molecule has 2 N–H and O–H groups in total. The Hall–Kier alpha value is -4.30. The first-order valence-electron chi connectivity index (χ1n) is 11.2. The number of hydrogen-bond donors (Lipinski definition) is 1.